The summed E-state index contributed by atoms with van der Waals surface area (Å²) in [7, 11) is -4.44. The third-order valence-electron chi connectivity index (χ3n) is 1.89. The topological polar surface area (TPSA) is 58.2 Å². The summed E-state index contributed by atoms with van der Waals surface area (Å²) >= 11 is 0. The van der Waals surface area contributed by atoms with Crippen LogP contribution in [0.25, 0.3) is 0 Å². The number of nitrogens with one attached hydrogen (secondary N) is 2. The van der Waals surface area contributed by atoms with Crippen LogP contribution in [0.4, 0.5) is 8.78 Å². The smallest absolute Gasteiger partial charge is 0.313 e. The second-order valence-electron chi connectivity index (χ2n) is 2.94. The summed E-state index contributed by atoms with van der Waals surface area (Å²) in [5.41, 5.74) is 0.841. The third-order valence-corrected chi connectivity index (χ3v) is 2.91. The minimum absolute atomic E-state index is 0.0195. The Morgan fingerprint density at radius 1 is 1.57 bits per heavy atom. The van der Waals surface area contributed by atoms with Gasteiger partial charge in [0.1, 0.15) is 0 Å². The zero-order chi connectivity index (χ0) is 10.6. The molecule has 7 heteroatoms. The van der Waals surface area contributed by atoms with Gasteiger partial charge in [-0.3, -0.25) is 0 Å². The van der Waals surface area contributed by atoms with E-state index in [1.54, 1.807) is 6.08 Å². The van der Waals surface area contributed by atoms with Gasteiger partial charge in [0.15, 0.2) is 0 Å². The molecule has 0 unspecified atom stereocenters. The molecule has 0 fully saturated rings. The highest BCUT2D eigenvalue weighted by atomic mass is 32.2. The molecule has 1 aliphatic heterocycles. The second kappa shape index (κ2) is 4.81. The minimum atomic E-state index is -4.44. The predicted octanol–water partition coefficient (Wildman–Crippen LogP) is 0.0481. The number of hydrogen-bond acceptors (Lipinski definition) is 3. The summed E-state index contributed by atoms with van der Waals surface area (Å²) in [6.45, 7) is 1.39. The van der Waals surface area contributed by atoms with Crippen LogP contribution in [0.2, 0.25) is 0 Å². The van der Waals surface area contributed by atoms with Gasteiger partial charge >= 0.3 is 5.76 Å². The van der Waals surface area contributed by atoms with Crippen molar-refractivity contribution in [2.75, 3.05) is 19.6 Å². The first-order chi connectivity index (χ1) is 6.52. The van der Waals surface area contributed by atoms with Gasteiger partial charge in [-0.15, -0.1) is 0 Å². The Balaban J connectivity index is 2.44. The van der Waals surface area contributed by atoms with Crippen molar-refractivity contribution in [2.45, 2.75) is 12.2 Å². The standard InChI is InChI=1S/C7H12F2N2O2S/c8-7(9)14(12,13)11-5-6-1-3-10-4-2-6/h1,7,10-11H,2-5H2. The average molecular weight is 226 g/mol. The lowest BCUT2D eigenvalue weighted by molar-refractivity contribution is 0.232. The van der Waals surface area contributed by atoms with E-state index in [4.69, 9.17) is 0 Å². The van der Waals surface area contributed by atoms with E-state index in [-0.39, 0.29) is 6.54 Å². The molecule has 14 heavy (non-hydrogen) atoms. The first-order valence-corrected chi connectivity index (χ1v) is 5.72. The molecule has 0 spiro atoms. The summed E-state index contributed by atoms with van der Waals surface area (Å²) in [4.78, 5) is 0. The van der Waals surface area contributed by atoms with Crippen molar-refractivity contribution < 1.29 is 17.2 Å². The van der Waals surface area contributed by atoms with Crippen LogP contribution in [-0.2, 0) is 10.0 Å². The van der Waals surface area contributed by atoms with Gasteiger partial charge in [-0.05, 0) is 13.0 Å². The Morgan fingerprint density at radius 3 is 2.79 bits per heavy atom. The van der Waals surface area contributed by atoms with Crippen molar-refractivity contribution >= 4 is 10.0 Å². The van der Waals surface area contributed by atoms with E-state index in [0.29, 0.717) is 13.0 Å². The molecule has 1 aliphatic rings. The lowest BCUT2D eigenvalue weighted by Gasteiger charge is -2.14. The molecule has 0 bridgehead atoms. The maximum absolute atomic E-state index is 11.9. The largest absolute Gasteiger partial charge is 0.350 e. The lowest BCUT2D eigenvalue weighted by atomic mass is 10.1. The zero-order valence-electron chi connectivity index (χ0n) is 7.46. The van der Waals surface area contributed by atoms with Crippen molar-refractivity contribution in [2.24, 2.45) is 0 Å². The zero-order valence-corrected chi connectivity index (χ0v) is 8.28. The van der Waals surface area contributed by atoms with Crippen molar-refractivity contribution in [3.8, 4) is 0 Å². The molecular weight excluding hydrogens is 214 g/mol. The fraction of sp³-hybridized carbons (Fsp3) is 0.714. The third kappa shape index (κ3) is 3.32. The molecule has 0 amide bonds. The van der Waals surface area contributed by atoms with E-state index in [1.165, 1.54) is 0 Å². The van der Waals surface area contributed by atoms with Gasteiger partial charge < -0.3 is 5.32 Å². The van der Waals surface area contributed by atoms with E-state index in [0.717, 1.165) is 12.1 Å². The quantitative estimate of drug-likeness (QED) is 0.666. The number of sulfonamides is 1. The Hall–Kier alpha value is -0.530. The first-order valence-electron chi connectivity index (χ1n) is 4.17. The molecule has 82 valence electrons. The maximum atomic E-state index is 11.9. The van der Waals surface area contributed by atoms with Crippen LogP contribution in [0, 0.1) is 0 Å². The minimum Gasteiger partial charge on any atom is -0.313 e. The molecule has 0 saturated carbocycles. The van der Waals surface area contributed by atoms with E-state index < -0.39 is 15.8 Å². The van der Waals surface area contributed by atoms with Crippen molar-refractivity contribution in [3.05, 3.63) is 11.6 Å². The molecule has 4 nitrogen and oxygen atoms in total. The van der Waals surface area contributed by atoms with Gasteiger partial charge in [-0.25, -0.2) is 13.1 Å². The molecule has 0 aromatic rings. The van der Waals surface area contributed by atoms with Crippen LogP contribution < -0.4 is 10.0 Å². The van der Waals surface area contributed by atoms with Gasteiger partial charge in [-0.2, -0.15) is 8.78 Å². The molecule has 0 atom stereocenters. The molecule has 0 aliphatic carbocycles. The van der Waals surface area contributed by atoms with Crippen molar-refractivity contribution in [1.82, 2.24) is 10.0 Å². The van der Waals surface area contributed by atoms with Gasteiger partial charge in [0.2, 0.25) is 0 Å². The Labute approximate surface area is 81.4 Å². The number of hydrogen-bond donors (Lipinski definition) is 2. The summed E-state index contributed by atoms with van der Waals surface area (Å²) < 4.78 is 47.0. The normalized spacial score (nSPS) is 18.4. The van der Waals surface area contributed by atoms with E-state index in [2.05, 4.69) is 5.32 Å². The van der Waals surface area contributed by atoms with Crippen molar-refractivity contribution in [1.29, 1.82) is 0 Å². The van der Waals surface area contributed by atoms with E-state index in [9.17, 15) is 17.2 Å². The highest BCUT2D eigenvalue weighted by Gasteiger charge is 2.23. The monoisotopic (exact) mass is 226 g/mol. The SMILES string of the molecule is O=S(=O)(NCC1=CCNCC1)C(F)F. The van der Waals surface area contributed by atoms with E-state index >= 15 is 0 Å². The number of halogens is 2. The summed E-state index contributed by atoms with van der Waals surface area (Å²) in [6, 6.07) is 0. The predicted molar refractivity (Wildman–Crippen MR) is 48.5 cm³/mol. The first kappa shape index (κ1) is 11.5. The molecule has 0 aromatic carbocycles. The van der Waals surface area contributed by atoms with Gasteiger partial charge in [0.05, 0.1) is 0 Å². The Bertz CT molecular complexity index is 314. The summed E-state index contributed by atoms with van der Waals surface area (Å²) in [5.74, 6) is -3.36. The summed E-state index contributed by atoms with van der Waals surface area (Å²) in [6.07, 6.45) is 2.49. The van der Waals surface area contributed by atoms with Gasteiger partial charge in [0, 0.05) is 13.1 Å². The maximum Gasteiger partial charge on any atom is 0.350 e. The molecule has 0 radical (unpaired) electrons. The summed E-state index contributed by atoms with van der Waals surface area (Å²) in [5, 5.41) is 3.03. The fourth-order valence-electron chi connectivity index (χ4n) is 1.09. The lowest BCUT2D eigenvalue weighted by Crippen LogP contribution is -2.33. The number of rotatable bonds is 4. The Morgan fingerprint density at radius 2 is 2.29 bits per heavy atom. The van der Waals surface area contributed by atoms with Crippen LogP contribution in [0.15, 0.2) is 11.6 Å². The van der Waals surface area contributed by atoms with E-state index in [1.807, 2.05) is 4.72 Å². The van der Waals surface area contributed by atoms with Gasteiger partial charge in [-0.1, -0.05) is 11.6 Å². The van der Waals surface area contributed by atoms with Crippen LogP contribution in [0.3, 0.4) is 0 Å². The second-order valence-corrected chi connectivity index (χ2v) is 4.68. The highest BCUT2D eigenvalue weighted by molar-refractivity contribution is 7.89. The molecule has 0 saturated heterocycles. The van der Waals surface area contributed by atoms with Crippen LogP contribution in [0.5, 0.6) is 0 Å². The molecular formula is C7H12F2N2O2S. The van der Waals surface area contributed by atoms with Crippen molar-refractivity contribution in [3.63, 3.8) is 0 Å². The molecule has 1 heterocycles. The van der Waals surface area contributed by atoms with Gasteiger partial charge in [0.25, 0.3) is 10.0 Å². The molecule has 1 rings (SSSR count). The van der Waals surface area contributed by atoms with Crippen LogP contribution in [0.1, 0.15) is 6.42 Å². The van der Waals surface area contributed by atoms with Crippen LogP contribution in [-0.4, -0.2) is 33.8 Å². The molecule has 0 aromatic heterocycles. The Kier molecular flexibility index (Phi) is 3.97. The van der Waals surface area contributed by atoms with Crippen LogP contribution >= 0.6 is 0 Å². The number of alkyl halides is 2. The fourth-order valence-corrected chi connectivity index (χ4v) is 1.60. The highest BCUT2D eigenvalue weighted by Crippen LogP contribution is 2.06. The average Bonchev–Trinajstić information content (AvgIpc) is 2.16. The molecule has 2 N–H and O–H groups in total.